The quantitative estimate of drug-likeness (QED) is 0.405. The molecular weight excluding hydrogens is 554 g/mol. The maximum Gasteiger partial charge on any atom is 0.226 e. The standard InChI is InChI=1S/C27H35N5O6S2/c1-18-21(16-31-6-4-27(5-7-31)37-12-13-38-27)23-24(39-18)22(29-26(30-23)32-8-10-36-11-9-32)19-14-20(17-40(3,33)34)25(35-2)28-15-19/h14-15H,4-13,16-17H2,1-3H3. The van der Waals surface area contributed by atoms with E-state index in [2.05, 4.69) is 21.7 Å². The molecule has 0 radical (unpaired) electrons. The van der Waals surface area contributed by atoms with Crippen molar-refractivity contribution in [2.45, 2.75) is 37.9 Å². The van der Waals surface area contributed by atoms with Gasteiger partial charge < -0.3 is 23.8 Å². The maximum absolute atomic E-state index is 12.2. The summed E-state index contributed by atoms with van der Waals surface area (Å²) in [6, 6.07) is 1.83. The number of piperidine rings is 1. The molecule has 0 atom stereocenters. The van der Waals surface area contributed by atoms with E-state index in [1.165, 1.54) is 23.8 Å². The molecule has 40 heavy (non-hydrogen) atoms. The first-order valence-electron chi connectivity index (χ1n) is 13.6. The lowest BCUT2D eigenvalue weighted by molar-refractivity contribution is -0.185. The monoisotopic (exact) mass is 589 g/mol. The van der Waals surface area contributed by atoms with Crippen LogP contribution in [0.25, 0.3) is 21.5 Å². The van der Waals surface area contributed by atoms with Gasteiger partial charge in [0.05, 0.1) is 55.2 Å². The molecule has 6 rings (SSSR count). The third-order valence-electron chi connectivity index (χ3n) is 7.74. The smallest absolute Gasteiger partial charge is 0.226 e. The molecule has 0 aromatic carbocycles. The first kappa shape index (κ1) is 27.7. The average molecular weight is 590 g/mol. The Bertz CT molecular complexity index is 1490. The molecule has 3 fully saturated rings. The van der Waals surface area contributed by atoms with Gasteiger partial charge in [-0.1, -0.05) is 0 Å². The summed E-state index contributed by atoms with van der Waals surface area (Å²) < 4.78 is 48.1. The normalized spacial score (nSPS) is 20.0. The Morgan fingerprint density at radius 1 is 1.07 bits per heavy atom. The molecule has 0 amide bonds. The van der Waals surface area contributed by atoms with Gasteiger partial charge in [0.2, 0.25) is 11.8 Å². The number of hydrogen-bond donors (Lipinski definition) is 0. The Hall–Kier alpha value is -2.42. The fraction of sp³-hybridized carbons (Fsp3) is 0.593. The number of sulfone groups is 1. The van der Waals surface area contributed by atoms with E-state index in [-0.39, 0.29) is 5.75 Å². The molecule has 3 aliphatic rings. The Labute approximate surface area is 238 Å². The molecule has 3 aromatic rings. The molecule has 13 heteroatoms. The number of morpholine rings is 1. The van der Waals surface area contributed by atoms with Crippen LogP contribution in [0.15, 0.2) is 12.3 Å². The molecule has 0 bridgehead atoms. The molecule has 0 saturated carbocycles. The van der Waals surface area contributed by atoms with Crippen LogP contribution in [0, 0.1) is 6.92 Å². The Morgan fingerprint density at radius 2 is 1.80 bits per heavy atom. The van der Waals surface area contributed by atoms with E-state index in [0.717, 1.165) is 53.9 Å². The molecule has 3 aromatic heterocycles. The number of rotatable bonds is 7. The number of anilines is 1. The number of aromatic nitrogens is 3. The van der Waals surface area contributed by atoms with Crippen molar-refractivity contribution in [3.63, 3.8) is 0 Å². The molecule has 1 spiro atoms. The van der Waals surface area contributed by atoms with Crippen molar-refractivity contribution < 1.29 is 27.4 Å². The minimum atomic E-state index is -3.30. The molecule has 0 unspecified atom stereocenters. The maximum atomic E-state index is 12.2. The molecule has 0 aliphatic carbocycles. The van der Waals surface area contributed by atoms with Crippen molar-refractivity contribution in [3.05, 3.63) is 28.3 Å². The predicted octanol–water partition coefficient (Wildman–Crippen LogP) is 2.79. The van der Waals surface area contributed by atoms with Gasteiger partial charge in [0.25, 0.3) is 0 Å². The third kappa shape index (κ3) is 5.68. The van der Waals surface area contributed by atoms with Crippen LogP contribution in [0.2, 0.25) is 0 Å². The van der Waals surface area contributed by atoms with Crippen LogP contribution in [-0.4, -0.2) is 100 Å². The van der Waals surface area contributed by atoms with Gasteiger partial charge in [-0.05, 0) is 13.0 Å². The summed E-state index contributed by atoms with van der Waals surface area (Å²) in [7, 11) is -1.80. The van der Waals surface area contributed by atoms with Crippen molar-refractivity contribution in [3.8, 4) is 17.1 Å². The molecule has 3 aliphatic heterocycles. The fourth-order valence-corrected chi connectivity index (χ4v) is 7.55. The number of methoxy groups -OCH3 is 1. The van der Waals surface area contributed by atoms with Gasteiger partial charge in [-0.2, -0.15) is 0 Å². The third-order valence-corrected chi connectivity index (χ3v) is 9.72. The second kappa shape index (κ2) is 11.1. The van der Waals surface area contributed by atoms with Crippen molar-refractivity contribution in [1.29, 1.82) is 0 Å². The number of aryl methyl sites for hydroxylation is 1. The van der Waals surface area contributed by atoms with Crippen molar-refractivity contribution in [1.82, 2.24) is 19.9 Å². The number of nitrogens with zero attached hydrogens (tertiary/aromatic N) is 5. The van der Waals surface area contributed by atoms with E-state index in [0.29, 0.717) is 56.9 Å². The molecule has 216 valence electrons. The van der Waals surface area contributed by atoms with E-state index >= 15 is 0 Å². The Kier molecular flexibility index (Phi) is 7.70. The number of ether oxygens (including phenoxy) is 4. The highest BCUT2D eigenvalue weighted by atomic mass is 32.2. The number of pyridine rings is 1. The summed E-state index contributed by atoms with van der Waals surface area (Å²) in [4.78, 5) is 20.4. The van der Waals surface area contributed by atoms with Gasteiger partial charge in [0.1, 0.15) is 0 Å². The van der Waals surface area contributed by atoms with Crippen LogP contribution in [0.3, 0.4) is 0 Å². The highest BCUT2D eigenvalue weighted by Gasteiger charge is 2.40. The summed E-state index contributed by atoms with van der Waals surface area (Å²) in [6.45, 7) is 8.69. The van der Waals surface area contributed by atoms with Crippen LogP contribution in [-0.2, 0) is 36.3 Å². The zero-order chi connectivity index (χ0) is 27.9. The van der Waals surface area contributed by atoms with Gasteiger partial charge in [-0.15, -0.1) is 11.3 Å². The first-order chi connectivity index (χ1) is 19.2. The molecule has 3 saturated heterocycles. The van der Waals surface area contributed by atoms with Crippen LogP contribution >= 0.6 is 11.3 Å². The number of hydrogen-bond acceptors (Lipinski definition) is 12. The largest absolute Gasteiger partial charge is 0.481 e. The SMILES string of the molecule is COc1ncc(-c2nc(N3CCOCC3)nc3c(CN4CCC5(CC4)OCCO5)c(C)sc23)cc1CS(C)(=O)=O. The van der Waals surface area contributed by atoms with Gasteiger partial charge in [0, 0.05) is 79.6 Å². The van der Waals surface area contributed by atoms with Gasteiger partial charge >= 0.3 is 0 Å². The topological polar surface area (TPSA) is 116 Å². The lowest BCUT2D eigenvalue weighted by Crippen LogP contribution is -2.44. The Morgan fingerprint density at radius 3 is 2.48 bits per heavy atom. The molecule has 11 nitrogen and oxygen atoms in total. The van der Waals surface area contributed by atoms with Crippen molar-refractivity contribution >= 4 is 37.3 Å². The second-order valence-corrected chi connectivity index (χ2v) is 14.0. The number of thiophene rings is 1. The van der Waals surface area contributed by atoms with Gasteiger partial charge in [0.15, 0.2) is 15.6 Å². The lowest BCUT2D eigenvalue weighted by atomic mass is 10.0. The summed E-state index contributed by atoms with van der Waals surface area (Å²) in [5, 5.41) is 0. The minimum absolute atomic E-state index is 0.167. The zero-order valence-corrected chi connectivity index (χ0v) is 24.8. The van der Waals surface area contributed by atoms with E-state index in [9.17, 15) is 8.42 Å². The van der Waals surface area contributed by atoms with Crippen LogP contribution < -0.4 is 9.64 Å². The summed E-state index contributed by atoms with van der Waals surface area (Å²) in [6.07, 6.45) is 4.62. The van der Waals surface area contributed by atoms with Crippen LogP contribution in [0.1, 0.15) is 28.8 Å². The van der Waals surface area contributed by atoms with Crippen molar-refractivity contribution in [2.24, 2.45) is 0 Å². The first-order valence-corrected chi connectivity index (χ1v) is 16.5. The van der Waals surface area contributed by atoms with E-state index < -0.39 is 15.6 Å². The number of fused-ring (bicyclic) bond motifs is 1. The summed E-state index contributed by atoms with van der Waals surface area (Å²) in [5.41, 5.74) is 4.13. The van der Waals surface area contributed by atoms with E-state index in [1.54, 1.807) is 17.5 Å². The van der Waals surface area contributed by atoms with Crippen LogP contribution in [0.5, 0.6) is 5.88 Å². The van der Waals surface area contributed by atoms with E-state index in [4.69, 9.17) is 28.9 Å². The summed E-state index contributed by atoms with van der Waals surface area (Å²) in [5.74, 6) is 0.372. The van der Waals surface area contributed by atoms with Gasteiger partial charge in [-0.3, -0.25) is 4.90 Å². The highest BCUT2D eigenvalue weighted by Crippen LogP contribution is 2.40. The Balaban J connectivity index is 1.41. The van der Waals surface area contributed by atoms with Crippen LogP contribution in [0.4, 0.5) is 5.95 Å². The number of likely N-dealkylation sites (tertiary alicyclic amines) is 1. The second-order valence-electron chi connectivity index (χ2n) is 10.6. The molecule has 0 N–H and O–H groups in total. The molecular formula is C27H35N5O6S2. The van der Waals surface area contributed by atoms with E-state index in [1.807, 2.05) is 6.07 Å². The highest BCUT2D eigenvalue weighted by molar-refractivity contribution is 7.89. The lowest BCUT2D eigenvalue weighted by Gasteiger charge is -2.37. The predicted molar refractivity (Wildman–Crippen MR) is 153 cm³/mol. The molecule has 6 heterocycles. The zero-order valence-electron chi connectivity index (χ0n) is 23.1. The van der Waals surface area contributed by atoms with Crippen molar-refractivity contribution in [2.75, 3.05) is 70.9 Å². The van der Waals surface area contributed by atoms with Gasteiger partial charge in [-0.25, -0.2) is 23.4 Å². The average Bonchev–Trinajstić information content (AvgIpc) is 3.53. The summed E-state index contributed by atoms with van der Waals surface area (Å²) >= 11 is 1.67. The fourth-order valence-electron chi connectivity index (χ4n) is 5.67. The minimum Gasteiger partial charge on any atom is -0.481 e.